The molecule has 2 N–H and O–H groups in total. The van der Waals surface area contributed by atoms with E-state index >= 15 is 0 Å². The SMILES string of the molecule is O=C(O)C1CSC2CCCC2N1. The van der Waals surface area contributed by atoms with Crippen LogP contribution in [0.3, 0.4) is 0 Å². The van der Waals surface area contributed by atoms with Crippen molar-refractivity contribution in [3.8, 4) is 0 Å². The summed E-state index contributed by atoms with van der Waals surface area (Å²) >= 11 is 1.83. The molecule has 2 fully saturated rings. The highest BCUT2D eigenvalue weighted by atomic mass is 32.2. The molecule has 0 aromatic heterocycles. The zero-order chi connectivity index (χ0) is 8.55. The Balaban J connectivity index is 1.96. The van der Waals surface area contributed by atoms with E-state index in [-0.39, 0.29) is 6.04 Å². The maximum Gasteiger partial charge on any atom is 0.321 e. The largest absolute Gasteiger partial charge is 0.480 e. The van der Waals surface area contributed by atoms with Gasteiger partial charge in [-0.25, -0.2) is 0 Å². The van der Waals surface area contributed by atoms with E-state index in [2.05, 4.69) is 5.32 Å². The maximum absolute atomic E-state index is 10.7. The highest BCUT2D eigenvalue weighted by Crippen LogP contribution is 2.33. The third-order valence-electron chi connectivity index (χ3n) is 2.64. The summed E-state index contributed by atoms with van der Waals surface area (Å²) in [4.78, 5) is 10.7. The third-order valence-corrected chi connectivity index (χ3v) is 4.16. The van der Waals surface area contributed by atoms with Gasteiger partial charge in [0.2, 0.25) is 0 Å². The minimum atomic E-state index is -0.701. The summed E-state index contributed by atoms with van der Waals surface area (Å²) in [5.74, 6) is 0.0316. The first-order chi connectivity index (χ1) is 5.77. The van der Waals surface area contributed by atoms with Crippen LogP contribution in [0.15, 0.2) is 0 Å². The second-order valence-corrected chi connectivity index (χ2v) is 4.74. The van der Waals surface area contributed by atoms with E-state index in [4.69, 9.17) is 5.11 Å². The molecular weight excluding hydrogens is 174 g/mol. The summed E-state index contributed by atoms with van der Waals surface area (Å²) in [6.45, 7) is 0. The first-order valence-electron chi connectivity index (χ1n) is 4.38. The van der Waals surface area contributed by atoms with Gasteiger partial charge in [-0.3, -0.25) is 10.1 Å². The van der Waals surface area contributed by atoms with Gasteiger partial charge in [-0.1, -0.05) is 6.42 Å². The van der Waals surface area contributed by atoms with Gasteiger partial charge in [0.25, 0.3) is 0 Å². The Kier molecular flexibility index (Phi) is 2.28. The smallest absolute Gasteiger partial charge is 0.321 e. The summed E-state index contributed by atoms with van der Waals surface area (Å²) in [5.41, 5.74) is 0. The van der Waals surface area contributed by atoms with Gasteiger partial charge in [-0.2, -0.15) is 11.8 Å². The van der Waals surface area contributed by atoms with Gasteiger partial charge < -0.3 is 5.11 Å². The van der Waals surface area contributed by atoms with Crippen molar-refractivity contribution in [3.63, 3.8) is 0 Å². The van der Waals surface area contributed by atoms with E-state index in [9.17, 15) is 4.79 Å². The summed E-state index contributed by atoms with van der Waals surface area (Å²) in [7, 11) is 0. The molecule has 4 heteroatoms. The molecule has 3 unspecified atom stereocenters. The summed E-state index contributed by atoms with van der Waals surface area (Å²) in [6, 6.07) is 0.152. The number of hydrogen-bond donors (Lipinski definition) is 2. The van der Waals surface area contributed by atoms with Gasteiger partial charge in [-0.05, 0) is 12.8 Å². The fourth-order valence-corrected chi connectivity index (χ4v) is 3.44. The molecule has 0 spiro atoms. The highest BCUT2D eigenvalue weighted by Gasteiger charge is 2.36. The maximum atomic E-state index is 10.7. The predicted octanol–water partition coefficient (Wildman–Crippen LogP) is 0.697. The van der Waals surface area contributed by atoms with Gasteiger partial charge in [0.1, 0.15) is 6.04 Å². The predicted molar refractivity (Wildman–Crippen MR) is 48.4 cm³/mol. The minimum absolute atomic E-state index is 0.311. The quantitative estimate of drug-likeness (QED) is 0.634. The molecule has 3 nitrogen and oxygen atoms in total. The average molecular weight is 187 g/mol. The van der Waals surface area contributed by atoms with E-state index in [1.54, 1.807) is 0 Å². The lowest BCUT2D eigenvalue weighted by molar-refractivity contribution is -0.139. The van der Waals surface area contributed by atoms with Crippen molar-refractivity contribution in [1.82, 2.24) is 5.32 Å². The summed E-state index contributed by atoms with van der Waals surface area (Å²) < 4.78 is 0. The molecule has 1 saturated heterocycles. The molecule has 1 aliphatic carbocycles. The molecule has 68 valence electrons. The van der Waals surface area contributed by atoms with Gasteiger partial charge in [-0.15, -0.1) is 0 Å². The van der Waals surface area contributed by atoms with Crippen LogP contribution in [0.4, 0.5) is 0 Å². The van der Waals surface area contributed by atoms with Crippen molar-refractivity contribution in [2.24, 2.45) is 0 Å². The van der Waals surface area contributed by atoms with Crippen LogP contribution in [0.5, 0.6) is 0 Å². The Morgan fingerprint density at radius 1 is 1.50 bits per heavy atom. The highest BCUT2D eigenvalue weighted by molar-refractivity contribution is 8.00. The Bertz CT molecular complexity index is 197. The number of carboxylic acids is 1. The number of carbonyl (C=O) groups is 1. The fraction of sp³-hybridized carbons (Fsp3) is 0.875. The lowest BCUT2D eigenvalue weighted by Gasteiger charge is -2.30. The van der Waals surface area contributed by atoms with Gasteiger partial charge in [0.15, 0.2) is 0 Å². The van der Waals surface area contributed by atoms with Crippen molar-refractivity contribution in [2.75, 3.05) is 5.75 Å². The van der Waals surface area contributed by atoms with Gasteiger partial charge in [0, 0.05) is 17.0 Å². The number of aliphatic carboxylic acids is 1. The van der Waals surface area contributed by atoms with Crippen molar-refractivity contribution < 1.29 is 9.90 Å². The van der Waals surface area contributed by atoms with Crippen molar-refractivity contribution in [1.29, 1.82) is 0 Å². The molecule has 2 rings (SSSR count). The zero-order valence-corrected chi connectivity index (χ0v) is 7.64. The number of nitrogens with one attached hydrogen (secondary N) is 1. The second kappa shape index (κ2) is 3.26. The number of carboxylic acid groups (broad SMARTS) is 1. The van der Waals surface area contributed by atoms with Crippen molar-refractivity contribution in [3.05, 3.63) is 0 Å². The molecule has 1 saturated carbocycles. The Morgan fingerprint density at radius 3 is 3.08 bits per heavy atom. The molecule has 0 radical (unpaired) electrons. The average Bonchev–Trinajstić information content (AvgIpc) is 2.49. The molecule has 1 aliphatic heterocycles. The van der Waals surface area contributed by atoms with E-state index in [0.717, 1.165) is 12.2 Å². The molecule has 0 aromatic carbocycles. The molecule has 0 amide bonds. The molecule has 0 aromatic rings. The van der Waals surface area contributed by atoms with Gasteiger partial charge >= 0.3 is 5.97 Å². The number of fused-ring (bicyclic) bond motifs is 1. The molecule has 12 heavy (non-hydrogen) atoms. The van der Waals surface area contributed by atoms with E-state index in [0.29, 0.717) is 11.3 Å². The Labute approximate surface area is 75.9 Å². The molecular formula is C8H13NO2S. The molecule has 2 aliphatic rings. The summed E-state index contributed by atoms with van der Waals surface area (Å²) in [6.07, 6.45) is 3.66. The number of thioether (sulfide) groups is 1. The van der Waals surface area contributed by atoms with Crippen LogP contribution < -0.4 is 5.32 Å². The molecule has 0 bridgehead atoms. The second-order valence-electron chi connectivity index (χ2n) is 3.47. The van der Waals surface area contributed by atoms with E-state index in [1.807, 2.05) is 11.8 Å². The normalized spacial score (nSPS) is 40.8. The lowest BCUT2D eigenvalue weighted by Crippen LogP contribution is -2.51. The van der Waals surface area contributed by atoms with Crippen LogP contribution in [0.1, 0.15) is 19.3 Å². The zero-order valence-electron chi connectivity index (χ0n) is 6.82. The first-order valence-corrected chi connectivity index (χ1v) is 5.42. The van der Waals surface area contributed by atoms with Crippen LogP contribution in [0.2, 0.25) is 0 Å². The summed E-state index contributed by atoms with van der Waals surface area (Å²) in [5, 5.41) is 12.7. The topological polar surface area (TPSA) is 49.3 Å². The standard InChI is InChI=1S/C8H13NO2S/c10-8(11)6-4-12-7-3-1-2-5(7)9-6/h5-7,9H,1-4H2,(H,10,11). The monoisotopic (exact) mass is 187 g/mol. The third kappa shape index (κ3) is 1.45. The van der Waals surface area contributed by atoms with Crippen molar-refractivity contribution >= 4 is 17.7 Å². The number of rotatable bonds is 1. The number of hydrogen-bond acceptors (Lipinski definition) is 3. The minimum Gasteiger partial charge on any atom is -0.480 e. The van der Waals surface area contributed by atoms with Crippen molar-refractivity contribution in [2.45, 2.75) is 36.6 Å². The lowest BCUT2D eigenvalue weighted by atomic mass is 10.2. The van der Waals surface area contributed by atoms with Crippen LogP contribution in [-0.4, -0.2) is 34.2 Å². The van der Waals surface area contributed by atoms with Gasteiger partial charge in [0.05, 0.1) is 0 Å². The fourth-order valence-electron chi connectivity index (χ4n) is 1.99. The van der Waals surface area contributed by atoms with E-state index in [1.165, 1.54) is 12.8 Å². The molecule has 1 heterocycles. The van der Waals surface area contributed by atoms with Crippen LogP contribution in [0, 0.1) is 0 Å². The Hall–Kier alpha value is -0.220. The van der Waals surface area contributed by atoms with Crippen LogP contribution in [-0.2, 0) is 4.79 Å². The Morgan fingerprint density at radius 2 is 2.33 bits per heavy atom. The van der Waals surface area contributed by atoms with E-state index < -0.39 is 5.97 Å². The van der Waals surface area contributed by atoms with Crippen LogP contribution in [0.25, 0.3) is 0 Å². The molecule has 3 atom stereocenters. The van der Waals surface area contributed by atoms with Crippen LogP contribution >= 0.6 is 11.8 Å². The first kappa shape index (κ1) is 8.38.